The molecule has 1 aromatic rings. The number of aryl methyl sites for hydroxylation is 1. The molecule has 1 rings (SSSR count). The third-order valence-corrected chi connectivity index (χ3v) is 3.54. The number of hydrogen-bond acceptors (Lipinski definition) is 3. The van der Waals surface area contributed by atoms with Crippen LogP contribution in [0.3, 0.4) is 0 Å². The molecule has 0 spiro atoms. The Kier molecular flexibility index (Phi) is 4.73. The minimum Gasteiger partial charge on any atom is -0.383 e. The molecule has 0 unspecified atom stereocenters. The second kappa shape index (κ2) is 5.87. The fourth-order valence-electron chi connectivity index (χ4n) is 1.83. The highest BCUT2D eigenvalue weighted by Gasteiger charge is 2.19. The topological polar surface area (TPSA) is 81.1 Å². The van der Waals surface area contributed by atoms with Gasteiger partial charge in [-0.3, -0.25) is 4.79 Å². The monoisotopic (exact) mass is 249 g/mol. The van der Waals surface area contributed by atoms with E-state index in [0.29, 0.717) is 5.56 Å². The van der Waals surface area contributed by atoms with Gasteiger partial charge in [0.15, 0.2) is 0 Å². The number of benzene rings is 1. The van der Waals surface area contributed by atoms with E-state index in [1.54, 1.807) is 6.07 Å². The van der Waals surface area contributed by atoms with E-state index in [9.17, 15) is 4.79 Å². The van der Waals surface area contributed by atoms with E-state index in [4.69, 9.17) is 11.5 Å². The molecule has 18 heavy (non-hydrogen) atoms. The molecule has 1 aromatic carbocycles. The maximum Gasteiger partial charge on any atom is 0.248 e. The van der Waals surface area contributed by atoms with Crippen molar-refractivity contribution in [3.8, 4) is 0 Å². The van der Waals surface area contributed by atoms with Gasteiger partial charge in [0, 0.05) is 23.3 Å². The summed E-state index contributed by atoms with van der Waals surface area (Å²) in [4.78, 5) is 11.1. The van der Waals surface area contributed by atoms with Crippen molar-refractivity contribution in [2.24, 2.45) is 11.5 Å². The first-order valence-corrected chi connectivity index (χ1v) is 6.35. The number of rotatable bonds is 6. The van der Waals surface area contributed by atoms with Crippen molar-refractivity contribution in [1.29, 1.82) is 0 Å². The number of nitrogens with one attached hydrogen (secondary N) is 1. The van der Waals surface area contributed by atoms with Gasteiger partial charge in [-0.1, -0.05) is 13.8 Å². The molecule has 1 amide bonds. The Labute approximate surface area is 109 Å². The van der Waals surface area contributed by atoms with Crippen LogP contribution >= 0.6 is 0 Å². The SMILES string of the molecule is CCC(N)(CC)CNc1ccc(C(N)=O)c(C)c1. The van der Waals surface area contributed by atoms with Gasteiger partial charge >= 0.3 is 0 Å². The smallest absolute Gasteiger partial charge is 0.248 e. The predicted octanol–water partition coefficient (Wildman–Crippen LogP) is 2.02. The van der Waals surface area contributed by atoms with Gasteiger partial charge in [0.1, 0.15) is 0 Å². The molecule has 0 aliphatic carbocycles. The lowest BCUT2D eigenvalue weighted by Crippen LogP contribution is -2.45. The van der Waals surface area contributed by atoms with Gasteiger partial charge in [-0.25, -0.2) is 0 Å². The Hall–Kier alpha value is -1.55. The molecular formula is C14H23N3O. The molecule has 100 valence electrons. The summed E-state index contributed by atoms with van der Waals surface area (Å²) < 4.78 is 0. The van der Waals surface area contributed by atoms with Gasteiger partial charge in [0.05, 0.1) is 0 Å². The summed E-state index contributed by atoms with van der Waals surface area (Å²) in [6, 6.07) is 5.53. The molecule has 4 heteroatoms. The third kappa shape index (κ3) is 3.47. The van der Waals surface area contributed by atoms with Gasteiger partial charge in [-0.05, 0) is 43.5 Å². The highest BCUT2D eigenvalue weighted by molar-refractivity contribution is 5.94. The number of amides is 1. The van der Waals surface area contributed by atoms with Crippen LogP contribution in [-0.4, -0.2) is 18.0 Å². The van der Waals surface area contributed by atoms with Crippen molar-refractivity contribution in [2.45, 2.75) is 39.2 Å². The minimum absolute atomic E-state index is 0.184. The predicted molar refractivity (Wildman–Crippen MR) is 75.7 cm³/mol. The van der Waals surface area contributed by atoms with Crippen LogP contribution in [0.1, 0.15) is 42.6 Å². The third-order valence-electron chi connectivity index (χ3n) is 3.54. The van der Waals surface area contributed by atoms with Gasteiger partial charge in [0.25, 0.3) is 0 Å². The Morgan fingerprint density at radius 1 is 1.33 bits per heavy atom. The molecule has 0 aromatic heterocycles. The molecule has 0 fully saturated rings. The van der Waals surface area contributed by atoms with Gasteiger partial charge in [-0.15, -0.1) is 0 Å². The maximum atomic E-state index is 11.1. The number of carbonyl (C=O) groups is 1. The second-order valence-corrected chi connectivity index (χ2v) is 4.82. The molecule has 0 bridgehead atoms. The van der Waals surface area contributed by atoms with Crippen molar-refractivity contribution in [2.75, 3.05) is 11.9 Å². The fraction of sp³-hybridized carbons (Fsp3) is 0.500. The van der Waals surface area contributed by atoms with E-state index in [-0.39, 0.29) is 5.54 Å². The zero-order chi connectivity index (χ0) is 13.8. The average Bonchev–Trinajstić information content (AvgIpc) is 2.35. The summed E-state index contributed by atoms with van der Waals surface area (Å²) in [5, 5.41) is 3.32. The van der Waals surface area contributed by atoms with E-state index in [1.807, 2.05) is 19.1 Å². The lowest BCUT2D eigenvalue weighted by atomic mass is 9.94. The lowest BCUT2D eigenvalue weighted by molar-refractivity contribution is 0.1000. The summed E-state index contributed by atoms with van der Waals surface area (Å²) in [5.74, 6) is -0.394. The van der Waals surface area contributed by atoms with E-state index in [0.717, 1.165) is 30.6 Å². The maximum absolute atomic E-state index is 11.1. The molecule has 0 aliphatic heterocycles. The van der Waals surface area contributed by atoms with Crippen LogP contribution in [0, 0.1) is 6.92 Å². The zero-order valence-corrected chi connectivity index (χ0v) is 11.4. The highest BCUT2D eigenvalue weighted by atomic mass is 16.1. The lowest BCUT2D eigenvalue weighted by Gasteiger charge is -2.27. The summed E-state index contributed by atoms with van der Waals surface area (Å²) in [6.07, 6.45) is 1.85. The van der Waals surface area contributed by atoms with Crippen LogP contribution < -0.4 is 16.8 Å². The van der Waals surface area contributed by atoms with E-state index in [1.165, 1.54) is 0 Å². The van der Waals surface area contributed by atoms with Crippen molar-refractivity contribution in [3.05, 3.63) is 29.3 Å². The van der Waals surface area contributed by atoms with Crippen LogP contribution in [0.4, 0.5) is 5.69 Å². The molecular weight excluding hydrogens is 226 g/mol. The van der Waals surface area contributed by atoms with Crippen molar-refractivity contribution >= 4 is 11.6 Å². The van der Waals surface area contributed by atoms with Crippen LogP contribution in [0.15, 0.2) is 18.2 Å². The van der Waals surface area contributed by atoms with Crippen LogP contribution in [-0.2, 0) is 0 Å². The first-order valence-electron chi connectivity index (χ1n) is 6.35. The Morgan fingerprint density at radius 3 is 2.39 bits per heavy atom. The summed E-state index contributed by atoms with van der Waals surface area (Å²) >= 11 is 0. The Bertz CT molecular complexity index is 425. The van der Waals surface area contributed by atoms with Gasteiger partial charge in [-0.2, -0.15) is 0 Å². The molecule has 0 atom stereocenters. The summed E-state index contributed by atoms with van der Waals surface area (Å²) in [5.41, 5.74) is 13.7. The fourth-order valence-corrected chi connectivity index (χ4v) is 1.83. The zero-order valence-electron chi connectivity index (χ0n) is 11.4. The highest BCUT2D eigenvalue weighted by Crippen LogP contribution is 2.17. The van der Waals surface area contributed by atoms with Crippen molar-refractivity contribution < 1.29 is 4.79 Å². The number of anilines is 1. The van der Waals surface area contributed by atoms with E-state index < -0.39 is 5.91 Å². The minimum atomic E-state index is -0.394. The summed E-state index contributed by atoms with van der Waals surface area (Å²) in [7, 11) is 0. The number of primary amides is 1. The Balaban J connectivity index is 2.75. The average molecular weight is 249 g/mol. The van der Waals surface area contributed by atoms with Gasteiger partial charge in [0.2, 0.25) is 5.91 Å². The second-order valence-electron chi connectivity index (χ2n) is 4.82. The molecule has 0 saturated heterocycles. The largest absolute Gasteiger partial charge is 0.383 e. The first kappa shape index (κ1) is 14.5. The standard InChI is InChI=1S/C14H23N3O/c1-4-14(16,5-2)9-17-11-6-7-12(13(15)18)10(3)8-11/h6-8,17H,4-5,9,16H2,1-3H3,(H2,15,18). The van der Waals surface area contributed by atoms with Crippen LogP contribution in [0.2, 0.25) is 0 Å². The Morgan fingerprint density at radius 2 is 1.94 bits per heavy atom. The van der Waals surface area contributed by atoms with Crippen LogP contribution in [0.5, 0.6) is 0 Å². The van der Waals surface area contributed by atoms with E-state index >= 15 is 0 Å². The molecule has 0 radical (unpaired) electrons. The number of hydrogen-bond donors (Lipinski definition) is 3. The first-order chi connectivity index (χ1) is 8.41. The van der Waals surface area contributed by atoms with Crippen molar-refractivity contribution in [1.82, 2.24) is 0 Å². The normalized spacial score (nSPS) is 11.3. The molecule has 5 N–H and O–H groups in total. The molecule has 4 nitrogen and oxygen atoms in total. The number of nitrogens with two attached hydrogens (primary N) is 2. The van der Waals surface area contributed by atoms with Gasteiger partial charge < -0.3 is 16.8 Å². The molecule has 0 heterocycles. The summed E-state index contributed by atoms with van der Waals surface area (Å²) in [6.45, 7) is 6.77. The van der Waals surface area contributed by atoms with E-state index in [2.05, 4.69) is 19.2 Å². The quantitative estimate of drug-likeness (QED) is 0.721. The number of carbonyl (C=O) groups excluding carboxylic acids is 1. The molecule has 0 aliphatic rings. The molecule has 0 saturated carbocycles. The van der Waals surface area contributed by atoms with Crippen molar-refractivity contribution in [3.63, 3.8) is 0 Å². The van der Waals surface area contributed by atoms with Crippen LogP contribution in [0.25, 0.3) is 0 Å².